The summed E-state index contributed by atoms with van der Waals surface area (Å²) in [7, 11) is 0. The van der Waals surface area contributed by atoms with E-state index in [-0.39, 0.29) is 18.8 Å². The first kappa shape index (κ1) is 30.2. The molecule has 0 aromatic heterocycles. The summed E-state index contributed by atoms with van der Waals surface area (Å²) in [5, 5.41) is 26.0. The van der Waals surface area contributed by atoms with Gasteiger partial charge in [0.15, 0.2) is 6.04 Å². The first-order valence-electron chi connectivity index (χ1n) is 10.9. The second kappa shape index (κ2) is 15.1. The zero-order chi connectivity index (χ0) is 25.7. The Labute approximate surface area is 193 Å². The van der Waals surface area contributed by atoms with Crippen LogP contribution in [0.3, 0.4) is 0 Å². The van der Waals surface area contributed by atoms with Crippen LogP contribution in [-0.4, -0.2) is 76.6 Å². The van der Waals surface area contributed by atoms with Crippen molar-refractivity contribution in [2.24, 2.45) is 23.1 Å². The molecule has 33 heavy (non-hydrogen) atoms. The molecule has 11 N–H and O–H groups in total. The van der Waals surface area contributed by atoms with Crippen LogP contribution in [0, 0.1) is 5.92 Å². The monoisotopic (exact) mass is 474 g/mol. The zero-order valence-corrected chi connectivity index (χ0v) is 19.4. The van der Waals surface area contributed by atoms with Crippen LogP contribution in [0.15, 0.2) is 0 Å². The van der Waals surface area contributed by atoms with E-state index >= 15 is 0 Å². The van der Waals surface area contributed by atoms with E-state index in [1.165, 1.54) is 6.92 Å². The van der Waals surface area contributed by atoms with Crippen molar-refractivity contribution in [3.05, 3.63) is 0 Å². The van der Waals surface area contributed by atoms with Crippen LogP contribution in [0.5, 0.6) is 0 Å². The molecule has 13 nitrogen and oxygen atoms in total. The number of aliphatic hydroxyl groups excluding tert-OH is 1. The minimum atomic E-state index is -1.57. The van der Waals surface area contributed by atoms with Gasteiger partial charge in [0.05, 0.1) is 18.6 Å². The first-order valence-corrected chi connectivity index (χ1v) is 10.9. The van der Waals surface area contributed by atoms with Crippen molar-refractivity contribution in [3.8, 4) is 0 Å². The number of carboxylic acid groups (broad SMARTS) is 1. The Morgan fingerprint density at radius 3 is 1.88 bits per heavy atom. The van der Waals surface area contributed by atoms with Crippen molar-refractivity contribution in [1.29, 1.82) is 0 Å². The van der Waals surface area contributed by atoms with Gasteiger partial charge in [-0.2, -0.15) is 0 Å². The quantitative estimate of drug-likeness (QED) is 0.108. The van der Waals surface area contributed by atoms with E-state index in [0.717, 1.165) is 0 Å². The van der Waals surface area contributed by atoms with Crippen molar-refractivity contribution in [2.45, 2.75) is 83.1 Å². The summed E-state index contributed by atoms with van der Waals surface area (Å²) in [6, 6.07) is -5.00. The van der Waals surface area contributed by atoms with Gasteiger partial charge >= 0.3 is 5.97 Å². The molecule has 0 aliphatic carbocycles. The van der Waals surface area contributed by atoms with Crippen LogP contribution < -0.4 is 33.2 Å². The molecular formula is C20H38N6O7. The topological polar surface area (TPSA) is 240 Å². The normalized spacial score (nSPS) is 15.6. The summed E-state index contributed by atoms with van der Waals surface area (Å²) in [4.78, 5) is 60.2. The van der Waals surface area contributed by atoms with Gasteiger partial charge in [-0.15, -0.1) is 0 Å². The van der Waals surface area contributed by atoms with Crippen molar-refractivity contribution in [3.63, 3.8) is 0 Å². The lowest BCUT2D eigenvalue weighted by atomic mass is 10.0. The summed E-state index contributed by atoms with van der Waals surface area (Å²) < 4.78 is 0. The highest BCUT2D eigenvalue weighted by Crippen LogP contribution is 2.08. The third-order valence-corrected chi connectivity index (χ3v) is 4.72. The van der Waals surface area contributed by atoms with Gasteiger partial charge in [-0.1, -0.05) is 13.8 Å². The van der Waals surface area contributed by atoms with Crippen LogP contribution >= 0.6 is 0 Å². The molecule has 0 spiro atoms. The Morgan fingerprint density at radius 2 is 1.42 bits per heavy atom. The van der Waals surface area contributed by atoms with Gasteiger partial charge in [-0.25, -0.2) is 4.79 Å². The van der Waals surface area contributed by atoms with Crippen LogP contribution in [0.2, 0.25) is 0 Å². The molecule has 0 aliphatic heterocycles. The van der Waals surface area contributed by atoms with E-state index in [4.69, 9.17) is 17.2 Å². The van der Waals surface area contributed by atoms with Gasteiger partial charge in [0.1, 0.15) is 12.1 Å². The number of amides is 4. The number of aliphatic hydroxyl groups is 1. The van der Waals surface area contributed by atoms with Crippen molar-refractivity contribution >= 4 is 29.6 Å². The van der Waals surface area contributed by atoms with Crippen LogP contribution in [0.25, 0.3) is 0 Å². The Hall–Kier alpha value is -2.77. The first-order chi connectivity index (χ1) is 15.3. The third-order valence-electron chi connectivity index (χ3n) is 4.72. The standard InChI is InChI=1S/C20H38N6O7/c1-10(2)8-14(25-17(29)12(22)9-15(23)28)19(31)24-13(6-4-5-7-21)18(30)26-16(11(3)27)20(32)33/h10-14,16,27H,4-9,21-22H2,1-3H3,(H2,23,28)(H,24,31)(H,25,29)(H,26,30)(H,32,33). The predicted molar refractivity (Wildman–Crippen MR) is 119 cm³/mol. The van der Waals surface area contributed by atoms with E-state index in [2.05, 4.69) is 16.0 Å². The predicted octanol–water partition coefficient (Wildman–Crippen LogP) is -2.72. The maximum Gasteiger partial charge on any atom is 0.328 e. The summed E-state index contributed by atoms with van der Waals surface area (Å²) in [6.45, 7) is 5.21. The van der Waals surface area contributed by atoms with Gasteiger partial charge in [0.25, 0.3) is 0 Å². The molecule has 0 aromatic rings. The lowest BCUT2D eigenvalue weighted by molar-refractivity contribution is -0.145. The van der Waals surface area contributed by atoms with Gasteiger partial charge in [0.2, 0.25) is 23.6 Å². The summed E-state index contributed by atoms with van der Waals surface area (Å²) in [6.07, 6.45) is -0.375. The highest BCUT2D eigenvalue weighted by Gasteiger charge is 2.32. The van der Waals surface area contributed by atoms with Crippen LogP contribution in [0.1, 0.15) is 52.9 Å². The van der Waals surface area contributed by atoms with E-state index in [0.29, 0.717) is 19.4 Å². The van der Waals surface area contributed by atoms with Crippen molar-refractivity contribution < 1.29 is 34.2 Å². The third kappa shape index (κ3) is 12.2. The number of carbonyl (C=O) groups excluding carboxylic acids is 4. The molecule has 5 atom stereocenters. The molecular weight excluding hydrogens is 436 g/mol. The number of rotatable bonds is 16. The fraction of sp³-hybridized carbons (Fsp3) is 0.750. The second-order valence-electron chi connectivity index (χ2n) is 8.38. The molecule has 0 aliphatic rings. The summed E-state index contributed by atoms with van der Waals surface area (Å²) in [5.74, 6) is -4.46. The molecule has 0 radical (unpaired) electrons. The Bertz CT molecular complexity index is 686. The highest BCUT2D eigenvalue weighted by molar-refractivity contribution is 5.95. The van der Waals surface area contributed by atoms with Crippen molar-refractivity contribution in [1.82, 2.24) is 16.0 Å². The Kier molecular flexibility index (Phi) is 13.9. The number of carboxylic acids is 1. The number of unbranched alkanes of at least 4 members (excludes halogenated alkanes) is 1. The average Bonchev–Trinajstić information content (AvgIpc) is 2.69. The maximum atomic E-state index is 12.9. The van der Waals surface area contributed by atoms with E-state index in [9.17, 15) is 34.2 Å². The molecule has 0 saturated heterocycles. The highest BCUT2D eigenvalue weighted by atomic mass is 16.4. The number of hydrogen-bond acceptors (Lipinski definition) is 8. The molecule has 0 bridgehead atoms. The smallest absolute Gasteiger partial charge is 0.328 e. The molecule has 0 fully saturated rings. The van der Waals surface area contributed by atoms with Gasteiger partial charge in [0, 0.05) is 0 Å². The molecule has 0 heterocycles. The molecule has 4 amide bonds. The van der Waals surface area contributed by atoms with Crippen molar-refractivity contribution in [2.75, 3.05) is 6.54 Å². The SMILES string of the molecule is CC(C)CC(NC(=O)C(N)CC(N)=O)C(=O)NC(CCCCN)C(=O)NC(C(=O)O)C(C)O. The molecule has 0 aromatic carbocycles. The minimum Gasteiger partial charge on any atom is -0.480 e. The van der Waals surface area contributed by atoms with Crippen LogP contribution in [0.4, 0.5) is 0 Å². The molecule has 0 saturated carbocycles. The number of nitrogens with two attached hydrogens (primary N) is 3. The minimum absolute atomic E-state index is 0.0236. The number of aliphatic carboxylic acids is 1. The van der Waals surface area contributed by atoms with E-state index < -0.39 is 66.3 Å². The second-order valence-corrected chi connectivity index (χ2v) is 8.38. The summed E-state index contributed by atoms with van der Waals surface area (Å²) >= 11 is 0. The van der Waals surface area contributed by atoms with Gasteiger partial charge in [-0.3, -0.25) is 19.2 Å². The lowest BCUT2D eigenvalue weighted by Gasteiger charge is -2.26. The van der Waals surface area contributed by atoms with Gasteiger partial charge in [-0.05, 0) is 45.1 Å². The Morgan fingerprint density at radius 1 is 0.879 bits per heavy atom. The largest absolute Gasteiger partial charge is 0.480 e. The summed E-state index contributed by atoms with van der Waals surface area (Å²) in [5.41, 5.74) is 16.2. The fourth-order valence-electron chi connectivity index (χ4n) is 2.97. The van der Waals surface area contributed by atoms with E-state index in [1.54, 1.807) is 0 Å². The molecule has 13 heteroatoms. The maximum absolute atomic E-state index is 12.9. The van der Waals surface area contributed by atoms with Crippen LogP contribution in [-0.2, 0) is 24.0 Å². The average molecular weight is 475 g/mol. The fourth-order valence-corrected chi connectivity index (χ4v) is 2.97. The molecule has 5 unspecified atom stereocenters. The van der Waals surface area contributed by atoms with Gasteiger partial charge < -0.3 is 43.4 Å². The molecule has 190 valence electrons. The zero-order valence-electron chi connectivity index (χ0n) is 19.4. The number of nitrogens with one attached hydrogen (secondary N) is 3. The number of hydrogen-bond donors (Lipinski definition) is 8. The number of primary amides is 1. The molecule has 0 rings (SSSR count). The number of carbonyl (C=O) groups is 5. The Balaban J connectivity index is 5.51. The lowest BCUT2D eigenvalue weighted by Crippen LogP contribution is -2.58. The van der Waals surface area contributed by atoms with E-state index in [1.807, 2.05) is 13.8 Å².